The molecule has 0 aliphatic rings. The van der Waals surface area contributed by atoms with Crippen LogP contribution in [0.25, 0.3) is 0 Å². The first-order valence-corrected chi connectivity index (χ1v) is 7.21. The smallest absolute Gasteiger partial charge is 0.246 e. The molecule has 104 valence electrons. The molecule has 0 aliphatic carbocycles. The van der Waals surface area contributed by atoms with Crippen molar-refractivity contribution in [2.45, 2.75) is 18.4 Å². The summed E-state index contributed by atoms with van der Waals surface area (Å²) in [5.74, 6) is 0. The maximum atomic E-state index is 12.3. The molecule has 18 heavy (non-hydrogen) atoms. The minimum atomic E-state index is -3.49. The third-order valence-corrected chi connectivity index (χ3v) is 4.43. The Hall–Kier alpha value is -0.960. The third-order valence-electron chi connectivity index (χ3n) is 2.50. The summed E-state index contributed by atoms with van der Waals surface area (Å²) in [4.78, 5) is 0.189. The molecule has 0 amide bonds. The summed E-state index contributed by atoms with van der Waals surface area (Å²) in [7, 11) is -1.95. The third kappa shape index (κ3) is 3.52. The molecule has 0 spiro atoms. The van der Waals surface area contributed by atoms with E-state index in [0.717, 1.165) is 0 Å². The van der Waals surface area contributed by atoms with Crippen LogP contribution in [-0.2, 0) is 21.3 Å². The van der Waals surface area contributed by atoms with Gasteiger partial charge in [0, 0.05) is 32.9 Å². The van der Waals surface area contributed by atoms with Crippen LogP contribution in [0.3, 0.4) is 0 Å². The Morgan fingerprint density at radius 2 is 2.28 bits per heavy atom. The summed E-state index contributed by atoms with van der Waals surface area (Å²) in [5, 5.41) is 3.97. The van der Waals surface area contributed by atoms with Crippen molar-refractivity contribution < 1.29 is 13.2 Å². The molecule has 0 aromatic carbocycles. The van der Waals surface area contributed by atoms with Crippen molar-refractivity contribution in [1.82, 2.24) is 14.1 Å². The van der Waals surface area contributed by atoms with E-state index in [4.69, 9.17) is 10.5 Å². The van der Waals surface area contributed by atoms with Crippen molar-refractivity contribution in [1.29, 1.82) is 0 Å². The monoisotopic (exact) mass is 276 g/mol. The number of nitrogens with zero attached hydrogens (tertiary/aromatic N) is 3. The predicted molar refractivity (Wildman–Crippen MR) is 67.6 cm³/mol. The summed E-state index contributed by atoms with van der Waals surface area (Å²) in [6, 6.07) is 0. The van der Waals surface area contributed by atoms with Crippen LogP contribution in [0.4, 0.5) is 0 Å². The van der Waals surface area contributed by atoms with Crippen molar-refractivity contribution in [3.8, 4) is 0 Å². The van der Waals surface area contributed by atoms with Gasteiger partial charge in [-0.05, 0) is 0 Å². The van der Waals surface area contributed by atoms with Crippen LogP contribution in [0.5, 0.6) is 0 Å². The molecule has 0 aliphatic heterocycles. The van der Waals surface area contributed by atoms with Gasteiger partial charge in [-0.15, -0.1) is 0 Å². The van der Waals surface area contributed by atoms with Gasteiger partial charge in [-0.25, -0.2) is 8.42 Å². The van der Waals surface area contributed by atoms with Crippen LogP contribution in [-0.4, -0.2) is 55.9 Å². The minimum absolute atomic E-state index is 0.189. The molecule has 1 aromatic rings. The maximum Gasteiger partial charge on any atom is 0.246 e. The van der Waals surface area contributed by atoms with E-state index >= 15 is 0 Å². The highest BCUT2D eigenvalue weighted by atomic mass is 32.2. The number of rotatable bonds is 8. The highest BCUT2D eigenvalue weighted by Crippen LogP contribution is 2.14. The Labute approximate surface area is 108 Å². The van der Waals surface area contributed by atoms with Crippen molar-refractivity contribution in [2.24, 2.45) is 5.73 Å². The molecule has 0 saturated heterocycles. The topological polar surface area (TPSA) is 90.5 Å². The molecule has 8 heteroatoms. The molecule has 0 unspecified atom stereocenters. The lowest BCUT2D eigenvalue weighted by molar-refractivity contribution is 0.180. The molecule has 1 aromatic heterocycles. The molecule has 0 radical (unpaired) electrons. The quantitative estimate of drug-likeness (QED) is 0.691. The van der Waals surface area contributed by atoms with Gasteiger partial charge in [0.05, 0.1) is 19.3 Å². The molecule has 0 fully saturated rings. The Balaban J connectivity index is 2.88. The lowest BCUT2D eigenvalue weighted by Gasteiger charge is -2.18. The fourth-order valence-electron chi connectivity index (χ4n) is 1.52. The zero-order valence-corrected chi connectivity index (χ0v) is 11.6. The van der Waals surface area contributed by atoms with Crippen LogP contribution < -0.4 is 5.73 Å². The number of likely N-dealkylation sites (N-methyl/N-ethyl adjacent to an activating group) is 1. The fourth-order valence-corrected chi connectivity index (χ4v) is 2.91. The van der Waals surface area contributed by atoms with Crippen LogP contribution in [0.2, 0.25) is 0 Å². The second-order valence-corrected chi connectivity index (χ2v) is 5.66. The average molecular weight is 276 g/mol. The van der Waals surface area contributed by atoms with Crippen molar-refractivity contribution in [2.75, 3.05) is 33.4 Å². The Kier molecular flexibility index (Phi) is 5.73. The average Bonchev–Trinajstić information content (AvgIpc) is 2.79. The predicted octanol–water partition coefficient (Wildman–Crippen LogP) is -0.501. The Bertz CT molecular complexity index is 457. The molecule has 2 N–H and O–H groups in total. The van der Waals surface area contributed by atoms with E-state index in [9.17, 15) is 8.42 Å². The van der Waals surface area contributed by atoms with Crippen LogP contribution >= 0.6 is 0 Å². The number of nitrogens with two attached hydrogens (primary N) is 1. The van der Waals surface area contributed by atoms with E-state index in [1.807, 2.05) is 0 Å². The van der Waals surface area contributed by atoms with Gasteiger partial charge in [-0.2, -0.15) is 9.40 Å². The van der Waals surface area contributed by atoms with Gasteiger partial charge in [-0.1, -0.05) is 6.92 Å². The number of methoxy groups -OCH3 is 1. The molecule has 1 heterocycles. The maximum absolute atomic E-state index is 12.3. The van der Waals surface area contributed by atoms with E-state index in [-0.39, 0.29) is 4.90 Å². The van der Waals surface area contributed by atoms with Gasteiger partial charge < -0.3 is 10.5 Å². The highest BCUT2D eigenvalue weighted by molar-refractivity contribution is 7.89. The first-order chi connectivity index (χ1) is 8.56. The summed E-state index contributed by atoms with van der Waals surface area (Å²) in [6.07, 6.45) is 2.85. The SMILES string of the molecule is CCN(CCOC)S(=O)(=O)c1cnn(CCN)c1. The van der Waals surface area contributed by atoms with E-state index in [1.165, 1.54) is 21.4 Å². The van der Waals surface area contributed by atoms with E-state index in [1.54, 1.807) is 14.0 Å². The van der Waals surface area contributed by atoms with Crippen LogP contribution in [0.1, 0.15) is 6.92 Å². The Morgan fingerprint density at radius 1 is 1.56 bits per heavy atom. The summed E-state index contributed by atoms with van der Waals surface area (Å²) >= 11 is 0. The van der Waals surface area contributed by atoms with E-state index in [2.05, 4.69) is 5.10 Å². The standard InChI is InChI=1S/C10H20N4O3S/c1-3-14(6-7-17-2)18(15,16)10-8-12-13(9-10)5-4-11/h8-9H,3-7,11H2,1-2H3. The first-order valence-electron chi connectivity index (χ1n) is 5.77. The largest absolute Gasteiger partial charge is 0.383 e. The van der Waals surface area contributed by atoms with Gasteiger partial charge in [0.25, 0.3) is 0 Å². The number of sulfonamides is 1. The number of hydrogen-bond acceptors (Lipinski definition) is 5. The molecule has 1 rings (SSSR count). The van der Waals surface area contributed by atoms with Gasteiger partial charge in [0.1, 0.15) is 4.90 Å². The molecule has 0 bridgehead atoms. The molecular weight excluding hydrogens is 256 g/mol. The van der Waals surface area contributed by atoms with E-state index < -0.39 is 10.0 Å². The van der Waals surface area contributed by atoms with Crippen molar-refractivity contribution in [3.63, 3.8) is 0 Å². The number of ether oxygens (including phenoxy) is 1. The van der Waals surface area contributed by atoms with Gasteiger partial charge in [0.15, 0.2) is 0 Å². The second-order valence-electron chi connectivity index (χ2n) is 3.72. The lowest BCUT2D eigenvalue weighted by atomic mass is 10.6. The van der Waals surface area contributed by atoms with Crippen molar-refractivity contribution >= 4 is 10.0 Å². The molecule has 0 saturated carbocycles. The summed E-state index contributed by atoms with van der Waals surface area (Å²) in [5.41, 5.74) is 5.39. The molecular formula is C10H20N4O3S. The lowest BCUT2D eigenvalue weighted by Crippen LogP contribution is -2.33. The Morgan fingerprint density at radius 3 is 2.83 bits per heavy atom. The number of aromatic nitrogens is 2. The summed E-state index contributed by atoms with van der Waals surface area (Å²) in [6.45, 7) is 3.80. The first kappa shape index (κ1) is 15.1. The molecule has 7 nitrogen and oxygen atoms in total. The van der Waals surface area contributed by atoms with Gasteiger partial charge >= 0.3 is 0 Å². The second kappa shape index (κ2) is 6.83. The molecule has 0 atom stereocenters. The normalized spacial score (nSPS) is 12.2. The minimum Gasteiger partial charge on any atom is -0.383 e. The zero-order chi connectivity index (χ0) is 13.6. The zero-order valence-electron chi connectivity index (χ0n) is 10.7. The highest BCUT2D eigenvalue weighted by Gasteiger charge is 2.24. The van der Waals surface area contributed by atoms with Gasteiger partial charge in [-0.3, -0.25) is 4.68 Å². The van der Waals surface area contributed by atoms with E-state index in [0.29, 0.717) is 32.8 Å². The van der Waals surface area contributed by atoms with Crippen molar-refractivity contribution in [3.05, 3.63) is 12.4 Å². The fraction of sp³-hybridized carbons (Fsp3) is 0.700. The van der Waals surface area contributed by atoms with Gasteiger partial charge in [0.2, 0.25) is 10.0 Å². The van der Waals surface area contributed by atoms with Crippen LogP contribution in [0, 0.1) is 0 Å². The summed E-state index contributed by atoms with van der Waals surface area (Å²) < 4.78 is 32.3. The number of hydrogen-bond donors (Lipinski definition) is 1. The van der Waals surface area contributed by atoms with Crippen LogP contribution in [0.15, 0.2) is 17.3 Å².